The molecule has 0 radical (unpaired) electrons. The molecular formula is C29H31N5O4S. The van der Waals surface area contributed by atoms with Gasteiger partial charge in [0, 0.05) is 42.1 Å². The zero-order chi connectivity index (χ0) is 27.2. The molecule has 0 saturated heterocycles. The molecule has 3 heterocycles. The molecule has 9 nitrogen and oxygen atoms in total. The Kier molecular flexibility index (Phi) is 8.41. The van der Waals surface area contributed by atoms with Gasteiger partial charge in [0.05, 0.1) is 5.75 Å². The summed E-state index contributed by atoms with van der Waals surface area (Å²) in [5, 5.41) is 3.58. The van der Waals surface area contributed by atoms with Crippen LogP contribution in [0.5, 0.6) is 11.5 Å². The fraction of sp³-hybridized carbons (Fsp3) is 0.345. The van der Waals surface area contributed by atoms with E-state index in [0.29, 0.717) is 28.8 Å². The maximum Gasteiger partial charge on any atom is 0.247 e. The van der Waals surface area contributed by atoms with E-state index in [4.69, 9.17) is 9.47 Å². The summed E-state index contributed by atoms with van der Waals surface area (Å²) in [5.74, 6) is 0.900. The van der Waals surface area contributed by atoms with Crippen LogP contribution in [0, 0.1) is 19.8 Å². The summed E-state index contributed by atoms with van der Waals surface area (Å²) in [5.41, 5.74) is 3.14. The third-order valence-electron chi connectivity index (χ3n) is 6.68. The molecule has 2 aliphatic rings. The quantitative estimate of drug-likeness (QED) is 0.234. The van der Waals surface area contributed by atoms with Crippen LogP contribution in [0.1, 0.15) is 36.2 Å². The molecule has 39 heavy (non-hydrogen) atoms. The fourth-order valence-electron chi connectivity index (χ4n) is 4.90. The van der Waals surface area contributed by atoms with E-state index in [2.05, 4.69) is 32.4 Å². The Balaban J connectivity index is 1.43. The topological polar surface area (TPSA) is 107 Å². The van der Waals surface area contributed by atoms with Gasteiger partial charge >= 0.3 is 0 Å². The lowest BCUT2D eigenvalue weighted by Gasteiger charge is -2.37. The Bertz CT molecular complexity index is 1350. The second-order valence-corrected chi connectivity index (χ2v) is 10.6. The van der Waals surface area contributed by atoms with E-state index in [1.165, 1.54) is 11.8 Å². The molecule has 0 unspecified atom stereocenters. The van der Waals surface area contributed by atoms with Gasteiger partial charge in [-0.25, -0.2) is 9.97 Å². The number of allylic oxidation sites excluding steroid dienone is 2. The minimum absolute atomic E-state index is 0.0351. The van der Waals surface area contributed by atoms with Crippen LogP contribution in [0.3, 0.4) is 0 Å². The fourth-order valence-corrected chi connectivity index (χ4v) is 5.74. The predicted octanol–water partition coefficient (Wildman–Crippen LogP) is 4.70. The molecular weight excluding hydrogens is 514 g/mol. The van der Waals surface area contributed by atoms with Gasteiger partial charge in [-0.15, -0.1) is 0 Å². The first kappa shape index (κ1) is 26.7. The normalized spacial score (nSPS) is 16.5. The van der Waals surface area contributed by atoms with Gasteiger partial charge in [-0.2, -0.15) is 0 Å². The number of thioether (sulfide) groups is 1. The molecule has 0 bridgehead atoms. The summed E-state index contributed by atoms with van der Waals surface area (Å²) < 4.78 is 10.9. The van der Waals surface area contributed by atoms with E-state index in [1.807, 2.05) is 32.0 Å². The van der Waals surface area contributed by atoms with Gasteiger partial charge in [-0.1, -0.05) is 30.0 Å². The molecule has 2 atom stereocenters. The van der Waals surface area contributed by atoms with Gasteiger partial charge in [0.15, 0.2) is 16.7 Å². The number of carbonyl (C=O) groups is 2. The highest BCUT2D eigenvalue weighted by molar-refractivity contribution is 7.99. The zero-order valence-corrected chi connectivity index (χ0v) is 22.8. The monoisotopic (exact) mass is 545 g/mol. The summed E-state index contributed by atoms with van der Waals surface area (Å²) >= 11 is 1.28. The lowest BCUT2D eigenvalue weighted by molar-refractivity contribution is -0.139. The first-order chi connectivity index (χ1) is 19.0. The lowest BCUT2D eigenvalue weighted by Crippen LogP contribution is -2.51. The van der Waals surface area contributed by atoms with Gasteiger partial charge < -0.3 is 19.7 Å². The number of nitrogens with one attached hydrogen (secondary N) is 1. The van der Waals surface area contributed by atoms with E-state index in [0.717, 1.165) is 29.8 Å². The molecule has 0 fully saturated rings. The summed E-state index contributed by atoms with van der Waals surface area (Å²) in [7, 11) is 0. The Hall–Kier alpha value is -3.92. The van der Waals surface area contributed by atoms with Crippen LogP contribution in [-0.4, -0.2) is 50.3 Å². The van der Waals surface area contributed by atoms with Crippen molar-refractivity contribution >= 4 is 29.3 Å². The van der Waals surface area contributed by atoms with Crippen molar-refractivity contribution < 1.29 is 19.1 Å². The van der Waals surface area contributed by atoms with Crippen LogP contribution in [0.15, 0.2) is 66.1 Å². The summed E-state index contributed by atoms with van der Waals surface area (Å²) in [6.45, 7) is 4.23. The largest absolute Gasteiger partial charge is 0.454 e. The maximum atomic E-state index is 14.0. The zero-order valence-electron chi connectivity index (χ0n) is 22.0. The van der Waals surface area contributed by atoms with Crippen LogP contribution in [0.25, 0.3) is 0 Å². The number of nitrogens with zero attached hydrogens (tertiary/aromatic N) is 4. The van der Waals surface area contributed by atoms with Gasteiger partial charge in [0.2, 0.25) is 18.6 Å². The minimum atomic E-state index is -0.686. The number of aryl methyl sites for hydroxylation is 2. The van der Waals surface area contributed by atoms with E-state index in [9.17, 15) is 9.59 Å². The van der Waals surface area contributed by atoms with Crippen molar-refractivity contribution in [3.05, 3.63) is 77.9 Å². The molecule has 1 aromatic carbocycles. The molecule has 2 amide bonds. The first-order valence-electron chi connectivity index (χ1n) is 13.0. The third kappa shape index (κ3) is 6.75. The average molecular weight is 546 g/mol. The number of ether oxygens (including phenoxy) is 2. The number of carbonyl (C=O) groups excluding carboxylic acids is 2. The molecule has 202 valence electrons. The highest BCUT2D eigenvalue weighted by Gasteiger charge is 2.37. The number of aromatic nitrogens is 3. The summed E-state index contributed by atoms with van der Waals surface area (Å²) in [6, 6.07) is 10.3. The molecule has 3 aromatic rings. The van der Waals surface area contributed by atoms with E-state index in [1.54, 1.807) is 35.5 Å². The number of anilines is 1. The Morgan fingerprint density at radius 3 is 2.67 bits per heavy atom. The van der Waals surface area contributed by atoms with Gasteiger partial charge in [-0.3, -0.25) is 14.6 Å². The van der Waals surface area contributed by atoms with Crippen molar-refractivity contribution in [1.29, 1.82) is 0 Å². The molecule has 1 aliphatic heterocycles. The highest BCUT2D eigenvalue weighted by Crippen LogP contribution is 2.35. The van der Waals surface area contributed by atoms with E-state index >= 15 is 0 Å². The molecule has 5 rings (SSSR count). The SMILES string of the molecule is Cc1cc(C)nc(SCC(=O)N(Cc2cccnc2)[C@H](C(=O)Nc2ccc3c(c2)OCO3)[C@H]2CC=CCC2)n1. The van der Waals surface area contributed by atoms with Crippen LogP contribution in [-0.2, 0) is 16.1 Å². The van der Waals surface area contributed by atoms with Gasteiger partial charge in [-0.05, 0) is 68.9 Å². The Labute approximate surface area is 232 Å². The Morgan fingerprint density at radius 1 is 1.10 bits per heavy atom. The molecule has 0 spiro atoms. The van der Waals surface area contributed by atoms with Gasteiger partial charge in [0.1, 0.15) is 6.04 Å². The van der Waals surface area contributed by atoms with Crippen LogP contribution >= 0.6 is 11.8 Å². The van der Waals surface area contributed by atoms with Crippen LogP contribution < -0.4 is 14.8 Å². The smallest absolute Gasteiger partial charge is 0.247 e. The molecule has 1 N–H and O–H groups in total. The van der Waals surface area contributed by atoms with E-state index < -0.39 is 6.04 Å². The molecule has 0 saturated carbocycles. The molecule has 10 heteroatoms. The van der Waals surface area contributed by atoms with Gasteiger partial charge in [0.25, 0.3) is 0 Å². The van der Waals surface area contributed by atoms with Crippen molar-refractivity contribution in [2.45, 2.75) is 50.9 Å². The van der Waals surface area contributed by atoms with Crippen LogP contribution in [0.2, 0.25) is 0 Å². The van der Waals surface area contributed by atoms with Crippen molar-refractivity contribution in [3.63, 3.8) is 0 Å². The summed E-state index contributed by atoms with van der Waals surface area (Å²) in [6.07, 6.45) is 10.0. The second kappa shape index (κ2) is 12.3. The van der Waals surface area contributed by atoms with Crippen molar-refractivity contribution in [1.82, 2.24) is 19.9 Å². The molecule has 2 aromatic heterocycles. The standard InChI is InChI=1S/C29H31N5O4S/c1-19-13-20(2)32-29(31-19)39-17-26(35)34(16-21-7-6-12-30-15-21)27(22-8-4-3-5-9-22)28(36)33-23-10-11-24-25(14-23)38-18-37-24/h3-4,6-7,10-15,22,27H,5,8-9,16-18H2,1-2H3,(H,33,36)/t22-,27-/m0/s1. The van der Waals surface area contributed by atoms with Crippen molar-refractivity contribution in [2.75, 3.05) is 17.9 Å². The molecule has 1 aliphatic carbocycles. The number of amides is 2. The van der Waals surface area contributed by atoms with E-state index in [-0.39, 0.29) is 36.8 Å². The first-order valence-corrected chi connectivity index (χ1v) is 13.9. The maximum absolute atomic E-state index is 14.0. The number of fused-ring (bicyclic) bond motifs is 1. The minimum Gasteiger partial charge on any atom is -0.454 e. The number of rotatable bonds is 9. The highest BCUT2D eigenvalue weighted by atomic mass is 32.2. The number of hydrogen-bond acceptors (Lipinski definition) is 8. The second-order valence-electron chi connectivity index (χ2n) is 9.65. The third-order valence-corrected chi connectivity index (χ3v) is 7.52. The number of benzene rings is 1. The van der Waals surface area contributed by atoms with Crippen LogP contribution in [0.4, 0.5) is 5.69 Å². The van der Waals surface area contributed by atoms with Crippen molar-refractivity contribution in [3.8, 4) is 11.5 Å². The Morgan fingerprint density at radius 2 is 1.92 bits per heavy atom. The average Bonchev–Trinajstić information content (AvgIpc) is 3.40. The lowest BCUT2D eigenvalue weighted by atomic mass is 9.86. The number of hydrogen-bond donors (Lipinski definition) is 1. The van der Waals surface area contributed by atoms with Crippen molar-refractivity contribution in [2.24, 2.45) is 5.92 Å². The summed E-state index contributed by atoms with van der Waals surface area (Å²) in [4.78, 5) is 42.7. The predicted molar refractivity (Wildman–Crippen MR) is 148 cm³/mol. The number of pyridine rings is 1.